The average Bonchev–Trinajstić information content (AvgIpc) is 3.17. The zero-order valence-corrected chi connectivity index (χ0v) is 20.9. The minimum atomic E-state index is -4.13. The number of anilines is 1. The number of carbonyl (C=O) groups excluding carboxylic acids is 1. The van der Waals surface area contributed by atoms with Crippen LogP contribution in [0.5, 0.6) is 0 Å². The van der Waals surface area contributed by atoms with Gasteiger partial charge in [0.25, 0.3) is 10.0 Å². The topological polar surface area (TPSA) is 178 Å². The van der Waals surface area contributed by atoms with Gasteiger partial charge in [0.15, 0.2) is 0 Å². The third-order valence-electron chi connectivity index (χ3n) is 4.21. The minimum absolute atomic E-state index is 0. The van der Waals surface area contributed by atoms with Crippen LogP contribution in [0.15, 0.2) is 56.8 Å². The largest absolute Gasteiger partial charge is 0.369 e. The number of aryl methyl sites for hydroxylation is 2. The highest BCUT2D eigenvalue weighted by Gasteiger charge is 2.16. The SMILES string of the molecule is CC(=O)Nc1ccc(S(=O)(=O)/N=C(\N)N/C(N)=N/c2nnc(-c3ccc(C)cc3)s2)cc1C.Cl. The lowest BCUT2D eigenvalue weighted by Crippen LogP contribution is -2.41. The maximum Gasteiger partial charge on any atom is 0.285 e. The number of guanidine groups is 2. The van der Waals surface area contributed by atoms with E-state index in [9.17, 15) is 13.2 Å². The summed E-state index contributed by atoms with van der Waals surface area (Å²) in [5.74, 6) is -0.935. The number of aromatic nitrogens is 2. The van der Waals surface area contributed by atoms with E-state index < -0.39 is 16.0 Å². The molecular weight excluding hydrogens is 500 g/mol. The van der Waals surface area contributed by atoms with E-state index in [4.69, 9.17) is 11.5 Å². The van der Waals surface area contributed by atoms with Gasteiger partial charge in [0.2, 0.25) is 23.0 Å². The van der Waals surface area contributed by atoms with Crippen LogP contribution in [0.4, 0.5) is 10.8 Å². The van der Waals surface area contributed by atoms with Gasteiger partial charge in [0, 0.05) is 18.2 Å². The molecule has 1 amide bonds. The number of amides is 1. The molecular formula is C20H23ClN8O3S2. The molecule has 34 heavy (non-hydrogen) atoms. The number of carbonyl (C=O) groups is 1. The van der Waals surface area contributed by atoms with Crippen molar-refractivity contribution in [3.63, 3.8) is 0 Å². The lowest BCUT2D eigenvalue weighted by atomic mass is 10.2. The Balaban J connectivity index is 0.00000408. The van der Waals surface area contributed by atoms with E-state index >= 15 is 0 Å². The quantitative estimate of drug-likeness (QED) is 0.291. The van der Waals surface area contributed by atoms with Crippen LogP contribution in [0.2, 0.25) is 0 Å². The summed E-state index contributed by atoms with van der Waals surface area (Å²) in [5.41, 5.74) is 14.6. The van der Waals surface area contributed by atoms with Crippen molar-refractivity contribution in [1.82, 2.24) is 15.5 Å². The molecule has 2 aromatic carbocycles. The Bertz CT molecular complexity index is 1350. The molecule has 11 nitrogen and oxygen atoms in total. The molecule has 0 atom stereocenters. The van der Waals surface area contributed by atoms with Gasteiger partial charge in [-0.2, -0.15) is 13.4 Å². The van der Waals surface area contributed by atoms with Crippen molar-refractivity contribution in [1.29, 1.82) is 0 Å². The van der Waals surface area contributed by atoms with Crippen LogP contribution in [-0.4, -0.2) is 36.4 Å². The first kappa shape index (κ1) is 26.7. The van der Waals surface area contributed by atoms with E-state index in [0.29, 0.717) is 16.3 Å². The number of hydrogen-bond donors (Lipinski definition) is 4. The number of aliphatic imine (C=N–C) groups is 1. The van der Waals surface area contributed by atoms with E-state index in [1.54, 1.807) is 6.92 Å². The van der Waals surface area contributed by atoms with Crippen molar-refractivity contribution < 1.29 is 13.2 Å². The van der Waals surface area contributed by atoms with Gasteiger partial charge >= 0.3 is 0 Å². The van der Waals surface area contributed by atoms with Crippen molar-refractivity contribution >= 4 is 62.4 Å². The number of nitrogens with two attached hydrogens (primary N) is 2. The Morgan fingerprint density at radius 3 is 2.32 bits per heavy atom. The lowest BCUT2D eigenvalue weighted by molar-refractivity contribution is -0.114. The van der Waals surface area contributed by atoms with Crippen molar-refractivity contribution in [2.24, 2.45) is 20.9 Å². The standard InChI is InChI=1S/C20H22N8O3S2.ClH/c1-11-4-6-14(7-5-11)17-26-27-20(32-17)25-18(21)24-19(22)28-33(30,31)15-8-9-16(12(2)10-15)23-13(3)29;/h4-10H,1-3H3,(H,23,29)(H5,21,22,24,25,27,28);1H. The Morgan fingerprint density at radius 2 is 1.71 bits per heavy atom. The number of hydrogen-bond acceptors (Lipinski definition) is 7. The molecule has 1 heterocycles. The highest BCUT2D eigenvalue weighted by Crippen LogP contribution is 2.28. The second-order valence-electron chi connectivity index (χ2n) is 6.99. The normalized spacial score (nSPS) is 12.1. The molecule has 0 saturated carbocycles. The van der Waals surface area contributed by atoms with Gasteiger partial charge in [-0.1, -0.05) is 41.2 Å². The summed E-state index contributed by atoms with van der Waals surface area (Å²) in [7, 11) is -4.13. The summed E-state index contributed by atoms with van der Waals surface area (Å²) in [6.07, 6.45) is 0. The van der Waals surface area contributed by atoms with Gasteiger partial charge in [-0.25, -0.2) is 0 Å². The summed E-state index contributed by atoms with van der Waals surface area (Å²) < 4.78 is 28.6. The minimum Gasteiger partial charge on any atom is -0.369 e. The third-order valence-corrected chi connectivity index (χ3v) is 6.36. The predicted molar refractivity (Wildman–Crippen MR) is 136 cm³/mol. The maximum absolute atomic E-state index is 12.6. The Morgan fingerprint density at radius 1 is 1.03 bits per heavy atom. The number of rotatable bonds is 5. The molecule has 14 heteroatoms. The molecule has 1 aromatic heterocycles. The van der Waals surface area contributed by atoms with Crippen LogP contribution in [0.3, 0.4) is 0 Å². The van der Waals surface area contributed by atoms with Gasteiger partial charge in [0.1, 0.15) is 5.01 Å². The third kappa shape index (κ3) is 6.97. The highest BCUT2D eigenvalue weighted by molar-refractivity contribution is 7.90. The van der Waals surface area contributed by atoms with Crippen LogP contribution in [0.25, 0.3) is 10.6 Å². The molecule has 3 aromatic rings. The number of nitrogens with one attached hydrogen (secondary N) is 2. The molecule has 0 bridgehead atoms. The summed E-state index contributed by atoms with van der Waals surface area (Å²) in [5, 5.41) is 14.0. The van der Waals surface area contributed by atoms with Crippen LogP contribution in [-0.2, 0) is 14.8 Å². The lowest BCUT2D eigenvalue weighted by Gasteiger charge is -2.08. The summed E-state index contributed by atoms with van der Waals surface area (Å²) >= 11 is 1.21. The Hall–Kier alpha value is -3.55. The molecule has 0 aliphatic heterocycles. The van der Waals surface area contributed by atoms with Gasteiger partial charge < -0.3 is 16.8 Å². The average molecular weight is 523 g/mol. The van der Waals surface area contributed by atoms with E-state index in [0.717, 1.165) is 11.1 Å². The van der Waals surface area contributed by atoms with E-state index in [2.05, 4.69) is 30.2 Å². The number of sulfonamides is 1. The fourth-order valence-electron chi connectivity index (χ4n) is 2.67. The molecule has 0 aliphatic rings. The van der Waals surface area contributed by atoms with Crippen molar-refractivity contribution in [2.45, 2.75) is 25.7 Å². The van der Waals surface area contributed by atoms with Crippen LogP contribution in [0, 0.1) is 13.8 Å². The van der Waals surface area contributed by atoms with Crippen LogP contribution in [0.1, 0.15) is 18.1 Å². The highest BCUT2D eigenvalue weighted by atomic mass is 35.5. The zero-order chi connectivity index (χ0) is 24.2. The first-order chi connectivity index (χ1) is 15.5. The van der Waals surface area contributed by atoms with E-state index in [1.165, 1.54) is 36.5 Å². The molecule has 0 unspecified atom stereocenters. The first-order valence-corrected chi connectivity index (χ1v) is 11.8. The zero-order valence-electron chi connectivity index (χ0n) is 18.4. The van der Waals surface area contributed by atoms with Gasteiger partial charge in [-0.3, -0.25) is 10.1 Å². The molecule has 0 spiro atoms. The maximum atomic E-state index is 12.6. The Labute approximate surface area is 206 Å². The fourth-order valence-corrected chi connectivity index (χ4v) is 4.38. The fraction of sp³-hybridized carbons (Fsp3) is 0.150. The molecule has 0 saturated heterocycles. The van der Waals surface area contributed by atoms with Gasteiger partial charge in [-0.05, 0) is 37.6 Å². The second-order valence-corrected chi connectivity index (χ2v) is 9.55. The van der Waals surface area contributed by atoms with Crippen molar-refractivity contribution in [3.05, 3.63) is 53.6 Å². The number of nitrogens with zero attached hydrogens (tertiary/aromatic N) is 4. The molecule has 180 valence electrons. The summed E-state index contributed by atoms with van der Waals surface area (Å²) in [4.78, 5) is 15.2. The molecule has 6 N–H and O–H groups in total. The molecule has 0 aliphatic carbocycles. The van der Waals surface area contributed by atoms with Crippen molar-refractivity contribution in [3.8, 4) is 10.6 Å². The predicted octanol–water partition coefficient (Wildman–Crippen LogP) is 2.44. The second kappa shape index (κ2) is 11.0. The van der Waals surface area contributed by atoms with Crippen molar-refractivity contribution in [2.75, 3.05) is 5.32 Å². The van der Waals surface area contributed by atoms with Gasteiger partial charge in [-0.15, -0.1) is 27.0 Å². The van der Waals surface area contributed by atoms with E-state index in [-0.39, 0.29) is 34.3 Å². The monoisotopic (exact) mass is 522 g/mol. The first-order valence-electron chi connectivity index (χ1n) is 9.54. The van der Waals surface area contributed by atoms with Crippen LogP contribution >= 0.6 is 23.7 Å². The van der Waals surface area contributed by atoms with Crippen LogP contribution < -0.4 is 22.1 Å². The van der Waals surface area contributed by atoms with Gasteiger partial charge in [0.05, 0.1) is 4.90 Å². The smallest absolute Gasteiger partial charge is 0.285 e. The van der Waals surface area contributed by atoms with E-state index in [1.807, 2.05) is 31.2 Å². The summed E-state index contributed by atoms with van der Waals surface area (Å²) in [6, 6.07) is 11.9. The number of halogens is 1. The molecule has 3 rings (SSSR count). The molecule has 0 fully saturated rings. The number of benzene rings is 2. The molecule has 0 radical (unpaired) electrons. The summed E-state index contributed by atoms with van der Waals surface area (Å²) in [6.45, 7) is 5.01. The Kier molecular flexibility index (Phi) is 8.68.